The summed E-state index contributed by atoms with van der Waals surface area (Å²) < 4.78 is 20.4. The summed E-state index contributed by atoms with van der Waals surface area (Å²) in [5.41, 5.74) is 3.18. The number of carbonyl (C=O) groups excluding carboxylic acids is 1. The van der Waals surface area contributed by atoms with Gasteiger partial charge in [0.25, 0.3) is 0 Å². The van der Waals surface area contributed by atoms with Gasteiger partial charge in [-0.1, -0.05) is 20.8 Å². The number of hydrogen-bond acceptors (Lipinski definition) is 4. The van der Waals surface area contributed by atoms with Gasteiger partial charge < -0.3 is 9.84 Å². The lowest BCUT2D eigenvalue weighted by molar-refractivity contribution is -0.121. The number of benzene rings is 1. The smallest absolute Gasteiger partial charge is 0.240 e. The molecule has 23 heavy (non-hydrogen) atoms. The van der Waals surface area contributed by atoms with Crippen molar-refractivity contribution in [2.75, 3.05) is 13.2 Å². The van der Waals surface area contributed by atoms with Crippen LogP contribution < -0.4 is 10.2 Å². The predicted molar refractivity (Wildman–Crippen MR) is 88.9 cm³/mol. The first kappa shape index (κ1) is 17.9. The molecule has 0 aromatic heterocycles. The van der Waals surface area contributed by atoms with Gasteiger partial charge in [0, 0.05) is 23.3 Å². The standard InChI is InChI=1S/C16H20BrFN2O3/c1-9-4-13(22)19-20-14(9)10-5-11(17)15(12(18)6-10)23-8-16(2,3)7-21/h5-6,9,21H,4,7-8H2,1-3H3,(H,19,22). The zero-order valence-electron chi connectivity index (χ0n) is 13.3. The molecule has 0 aliphatic carbocycles. The van der Waals surface area contributed by atoms with E-state index in [1.54, 1.807) is 6.07 Å². The first-order valence-corrected chi connectivity index (χ1v) is 8.12. The number of aliphatic hydroxyl groups excluding tert-OH is 1. The average Bonchev–Trinajstić information content (AvgIpc) is 2.46. The minimum atomic E-state index is -0.519. The molecular formula is C16H20BrFN2O3. The third kappa shape index (κ3) is 4.29. The maximum absolute atomic E-state index is 14.4. The Morgan fingerprint density at radius 1 is 1.52 bits per heavy atom. The van der Waals surface area contributed by atoms with Crippen LogP contribution in [-0.2, 0) is 4.79 Å². The van der Waals surface area contributed by atoms with Crippen molar-refractivity contribution in [2.24, 2.45) is 16.4 Å². The summed E-state index contributed by atoms with van der Waals surface area (Å²) in [5.74, 6) is -0.652. The maximum atomic E-state index is 14.4. The van der Waals surface area contributed by atoms with Crippen LogP contribution in [0.15, 0.2) is 21.7 Å². The van der Waals surface area contributed by atoms with E-state index in [1.165, 1.54) is 6.07 Å². The number of hydrazone groups is 1. The number of hydrogen-bond donors (Lipinski definition) is 2. The molecule has 0 saturated carbocycles. The molecule has 7 heteroatoms. The van der Waals surface area contributed by atoms with Crippen LogP contribution in [0.5, 0.6) is 5.75 Å². The van der Waals surface area contributed by atoms with Crippen LogP contribution in [0.1, 0.15) is 32.8 Å². The number of halogens is 2. The van der Waals surface area contributed by atoms with E-state index >= 15 is 0 Å². The topological polar surface area (TPSA) is 70.9 Å². The largest absolute Gasteiger partial charge is 0.489 e. The van der Waals surface area contributed by atoms with Gasteiger partial charge in [-0.3, -0.25) is 4.79 Å². The second-order valence-corrected chi connectivity index (χ2v) is 7.37. The number of carbonyl (C=O) groups is 1. The molecule has 1 aromatic rings. The minimum Gasteiger partial charge on any atom is -0.489 e. The fourth-order valence-electron chi connectivity index (χ4n) is 2.16. The van der Waals surface area contributed by atoms with Crippen molar-refractivity contribution in [1.29, 1.82) is 0 Å². The van der Waals surface area contributed by atoms with Crippen LogP contribution >= 0.6 is 15.9 Å². The molecule has 1 aliphatic heterocycles. The summed E-state index contributed by atoms with van der Waals surface area (Å²) in [6, 6.07) is 3.07. The van der Waals surface area contributed by atoms with Gasteiger partial charge in [0.15, 0.2) is 11.6 Å². The molecule has 1 heterocycles. The molecule has 5 nitrogen and oxygen atoms in total. The number of nitrogens with zero attached hydrogens (tertiary/aromatic N) is 1. The van der Waals surface area contributed by atoms with E-state index < -0.39 is 11.2 Å². The molecule has 0 saturated heterocycles. The molecular weight excluding hydrogens is 367 g/mol. The molecule has 1 aliphatic rings. The molecule has 0 fully saturated rings. The van der Waals surface area contributed by atoms with Gasteiger partial charge in [-0.25, -0.2) is 9.82 Å². The lowest BCUT2D eigenvalue weighted by Crippen LogP contribution is -2.32. The highest BCUT2D eigenvalue weighted by Gasteiger charge is 2.24. The summed E-state index contributed by atoms with van der Waals surface area (Å²) in [6.07, 6.45) is 0.320. The van der Waals surface area contributed by atoms with Crippen molar-refractivity contribution < 1.29 is 19.0 Å². The van der Waals surface area contributed by atoms with Gasteiger partial charge in [0.05, 0.1) is 23.4 Å². The lowest BCUT2D eigenvalue weighted by atomic mass is 9.94. The van der Waals surface area contributed by atoms with Crippen LogP contribution in [0.3, 0.4) is 0 Å². The Morgan fingerprint density at radius 3 is 2.78 bits per heavy atom. The highest BCUT2D eigenvalue weighted by molar-refractivity contribution is 9.10. The Hall–Kier alpha value is -1.47. The molecule has 1 aromatic carbocycles. The Morgan fingerprint density at radius 2 is 2.22 bits per heavy atom. The van der Waals surface area contributed by atoms with Gasteiger partial charge in [-0.2, -0.15) is 5.10 Å². The van der Waals surface area contributed by atoms with Crippen LogP contribution in [0.2, 0.25) is 0 Å². The highest BCUT2D eigenvalue weighted by atomic mass is 79.9. The lowest BCUT2D eigenvalue weighted by Gasteiger charge is -2.23. The summed E-state index contributed by atoms with van der Waals surface area (Å²) >= 11 is 3.32. The highest BCUT2D eigenvalue weighted by Crippen LogP contribution is 2.32. The van der Waals surface area contributed by atoms with Crippen molar-refractivity contribution >= 4 is 27.5 Å². The maximum Gasteiger partial charge on any atom is 0.240 e. The Balaban J connectivity index is 2.25. The number of rotatable bonds is 5. The second kappa shape index (κ2) is 6.97. The third-order valence-electron chi connectivity index (χ3n) is 3.59. The van der Waals surface area contributed by atoms with Crippen molar-refractivity contribution in [3.63, 3.8) is 0 Å². The predicted octanol–water partition coefficient (Wildman–Crippen LogP) is 2.85. The molecule has 1 amide bonds. The summed E-state index contributed by atoms with van der Waals surface area (Å²) in [4.78, 5) is 11.3. The molecule has 1 unspecified atom stereocenters. The first-order chi connectivity index (χ1) is 10.7. The summed E-state index contributed by atoms with van der Waals surface area (Å²) in [7, 11) is 0. The zero-order chi connectivity index (χ0) is 17.2. The monoisotopic (exact) mass is 386 g/mol. The Labute approximate surface area is 143 Å². The Bertz CT molecular complexity index is 623. The SMILES string of the molecule is CC1CC(=O)NN=C1c1cc(F)c(OCC(C)(C)CO)c(Br)c1. The van der Waals surface area contributed by atoms with Crippen LogP contribution in [0.4, 0.5) is 4.39 Å². The molecule has 2 N–H and O–H groups in total. The normalized spacial score (nSPS) is 18.4. The van der Waals surface area contributed by atoms with Crippen LogP contribution in [0, 0.1) is 17.2 Å². The van der Waals surface area contributed by atoms with E-state index in [-0.39, 0.29) is 30.8 Å². The molecule has 0 bridgehead atoms. The number of amides is 1. The van der Waals surface area contributed by atoms with E-state index in [9.17, 15) is 14.3 Å². The molecule has 0 radical (unpaired) electrons. The van der Waals surface area contributed by atoms with Gasteiger partial charge in [0.1, 0.15) is 0 Å². The molecule has 126 valence electrons. The fraction of sp³-hybridized carbons (Fsp3) is 0.500. The van der Waals surface area contributed by atoms with E-state index in [4.69, 9.17) is 4.74 Å². The van der Waals surface area contributed by atoms with Gasteiger partial charge in [-0.15, -0.1) is 0 Å². The van der Waals surface area contributed by atoms with E-state index in [1.807, 2.05) is 20.8 Å². The van der Waals surface area contributed by atoms with Crippen molar-refractivity contribution in [3.05, 3.63) is 28.0 Å². The van der Waals surface area contributed by atoms with Crippen LogP contribution in [0.25, 0.3) is 0 Å². The van der Waals surface area contributed by atoms with Gasteiger partial charge in [-0.05, 0) is 28.1 Å². The average molecular weight is 387 g/mol. The number of nitrogens with one attached hydrogen (secondary N) is 1. The first-order valence-electron chi connectivity index (χ1n) is 7.33. The third-order valence-corrected chi connectivity index (χ3v) is 4.18. The zero-order valence-corrected chi connectivity index (χ0v) is 14.9. The van der Waals surface area contributed by atoms with E-state index in [0.717, 1.165) is 0 Å². The molecule has 1 atom stereocenters. The minimum absolute atomic E-state index is 0.0572. The number of ether oxygens (including phenoxy) is 1. The number of aliphatic hydroxyl groups is 1. The van der Waals surface area contributed by atoms with E-state index in [2.05, 4.69) is 26.5 Å². The van der Waals surface area contributed by atoms with Crippen molar-refractivity contribution in [2.45, 2.75) is 27.2 Å². The molecule has 0 spiro atoms. The summed E-state index contributed by atoms with van der Waals surface area (Å²) in [5, 5.41) is 13.3. The van der Waals surface area contributed by atoms with E-state index in [0.29, 0.717) is 22.2 Å². The second-order valence-electron chi connectivity index (χ2n) is 6.52. The van der Waals surface area contributed by atoms with Crippen molar-refractivity contribution in [1.82, 2.24) is 5.43 Å². The quantitative estimate of drug-likeness (QED) is 0.816. The molecule has 2 rings (SSSR count). The van der Waals surface area contributed by atoms with Crippen LogP contribution in [-0.4, -0.2) is 29.9 Å². The van der Waals surface area contributed by atoms with Crippen molar-refractivity contribution in [3.8, 4) is 5.75 Å². The van der Waals surface area contributed by atoms with Gasteiger partial charge in [0.2, 0.25) is 5.91 Å². The fourth-order valence-corrected chi connectivity index (χ4v) is 2.71. The summed E-state index contributed by atoms with van der Waals surface area (Å²) in [6.45, 7) is 5.66. The van der Waals surface area contributed by atoms with Gasteiger partial charge >= 0.3 is 0 Å². The Kier molecular flexibility index (Phi) is 5.41.